The van der Waals surface area contributed by atoms with Crippen LogP contribution in [0.3, 0.4) is 0 Å². The topological polar surface area (TPSA) is 48.1 Å². The van der Waals surface area contributed by atoms with E-state index >= 15 is 0 Å². The largest absolute Gasteiger partial charge is 0.381 e. The number of nitrogens with two attached hydrogens (primary N) is 1. The molecule has 1 aromatic heterocycles. The van der Waals surface area contributed by atoms with Gasteiger partial charge < -0.3 is 10.5 Å². The Kier molecular flexibility index (Phi) is 3.87. The molecule has 0 unspecified atom stereocenters. The lowest BCUT2D eigenvalue weighted by molar-refractivity contribution is 0.0529. The van der Waals surface area contributed by atoms with E-state index in [1.807, 2.05) is 0 Å². The average molecular weight is 288 g/mol. The minimum absolute atomic E-state index is 0.0197. The van der Waals surface area contributed by atoms with Crippen molar-refractivity contribution in [3.8, 4) is 11.3 Å². The first-order valence-corrected chi connectivity index (χ1v) is 7.92. The van der Waals surface area contributed by atoms with Crippen LogP contribution < -0.4 is 5.73 Å². The highest BCUT2D eigenvalue weighted by atomic mass is 32.1. The average Bonchev–Trinajstić information content (AvgIpc) is 2.99. The van der Waals surface area contributed by atoms with Crippen LogP contribution in [0.5, 0.6) is 0 Å². The van der Waals surface area contributed by atoms with Gasteiger partial charge in [-0.15, -0.1) is 11.3 Å². The van der Waals surface area contributed by atoms with E-state index in [4.69, 9.17) is 15.5 Å². The Bertz CT molecular complexity index is 570. The second kappa shape index (κ2) is 5.64. The van der Waals surface area contributed by atoms with Crippen molar-refractivity contribution in [3.05, 3.63) is 40.2 Å². The van der Waals surface area contributed by atoms with Crippen LogP contribution in [-0.2, 0) is 10.2 Å². The molecule has 0 aliphatic carbocycles. The predicted octanol–water partition coefficient (Wildman–Crippen LogP) is 3.13. The molecule has 2 N–H and O–H groups in total. The molecule has 1 aromatic carbocycles. The predicted molar refractivity (Wildman–Crippen MR) is 83.1 cm³/mol. The van der Waals surface area contributed by atoms with Crippen LogP contribution in [0, 0.1) is 6.92 Å². The molecule has 0 bridgehead atoms. The van der Waals surface area contributed by atoms with Crippen LogP contribution in [-0.4, -0.2) is 24.7 Å². The first kappa shape index (κ1) is 13.7. The molecule has 4 heteroatoms. The fourth-order valence-electron chi connectivity index (χ4n) is 2.64. The molecule has 0 atom stereocenters. The van der Waals surface area contributed by atoms with Crippen molar-refractivity contribution in [1.82, 2.24) is 4.98 Å². The van der Waals surface area contributed by atoms with E-state index < -0.39 is 0 Å². The molecule has 3 nitrogen and oxygen atoms in total. The highest BCUT2D eigenvalue weighted by Gasteiger charge is 2.35. The summed E-state index contributed by atoms with van der Waals surface area (Å²) >= 11 is 1.73. The lowest BCUT2D eigenvalue weighted by atomic mass is 9.81. The molecule has 0 spiro atoms. The van der Waals surface area contributed by atoms with Gasteiger partial charge in [-0.25, -0.2) is 4.98 Å². The summed E-state index contributed by atoms with van der Waals surface area (Å²) in [6.45, 7) is 4.33. The Labute approximate surface area is 123 Å². The van der Waals surface area contributed by atoms with Gasteiger partial charge in [0.05, 0.1) is 5.69 Å². The fourth-order valence-corrected chi connectivity index (χ4v) is 3.74. The minimum atomic E-state index is 0.0197. The minimum Gasteiger partial charge on any atom is -0.381 e. The molecule has 0 saturated carbocycles. The molecular weight excluding hydrogens is 268 g/mol. The van der Waals surface area contributed by atoms with Crippen molar-refractivity contribution in [2.75, 3.05) is 19.8 Å². The molecular formula is C16H20N2OS. The lowest BCUT2D eigenvalue weighted by Gasteiger charge is -2.34. The molecule has 1 saturated heterocycles. The van der Waals surface area contributed by atoms with Crippen molar-refractivity contribution in [3.63, 3.8) is 0 Å². The summed E-state index contributed by atoms with van der Waals surface area (Å²) in [5.41, 5.74) is 9.58. The highest BCUT2D eigenvalue weighted by molar-refractivity contribution is 7.10. The van der Waals surface area contributed by atoms with Gasteiger partial charge in [0.1, 0.15) is 5.01 Å². The summed E-state index contributed by atoms with van der Waals surface area (Å²) in [7, 11) is 0. The second-order valence-electron chi connectivity index (χ2n) is 5.50. The van der Waals surface area contributed by atoms with Gasteiger partial charge in [-0.3, -0.25) is 0 Å². The molecule has 1 aliphatic rings. The van der Waals surface area contributed by atoms with Crippen molar-refractivity contribution in [2.45, 2.75) is 25.2 Å². The SMILES string of the molecule is Cc1ccc(-c2csc(C3(CN)CCOCC3)n2)cc1. The number of ether oxygens (including phenoxy) is 1. The zero-order valence-electron chi connectivity index (χ0n) is 11.8. The number of hydrogen-bond donors (Lipinski definition) is 1. The summed E-state index contributed by atoms with van der Waals surface area (Å²) in [4.78, 5) is 4.86. The van der Waals surface area contributed by atoms with Crippen LogP contribution in [0.1, 0.15) is 23.4 Å². The third-order valence-electron chi connectivity index (χ3n) is 4.15. The number of hydrogen-bond acceptors (Lipinski definition) is 4. The molecule has 0 amide bonds. The van der Waals surface area contributed by atoms with Crippen LogP contribution in [0.2, 0.25) is 0 Å². The number of aromatic nitrogens is 1. The summed E-state index contributed by atoms with van der Waals surface area (Å²) in [6, 6.07) is 8.52. The van der Waals surface area contributed by atoms with Gasteiger partial charge in [0.15, 0.2) is 0 Å². The van der Waals surface area contributed by atoms with E-state index in [9.17, 15) is 0 Å². The summed E-state index contributed by atoms with van der Waals surface area (Å²) in [5.74, 6) is 0. The van der Waals surface area contributed by atoms with Gasteiger partial charge in [0.25, 0.3) is 0 Å². The van der Waals surface area contributed by atoms with Crippen LogP contribution in [0.4, 0.5) is 0 Å². The van der Waals surface area contributed by atoms with Gasteiger partial charge in [-0.2, -0.15) is 0 Å². The maximum absolute atomic E-state index is 6.05. The maximum atomic E-state index is 6.05. The monoisotopic (exact) mass is 288 g/mol. The number of aryl methyl sites for hydroxylation is 1. The molecule has 106 valence electrons. The normalized spacial score (nSPS) is 18.1. The van der Waals surface area contributed by atoms with Gasteiger partial charge in [0, 0.05) is 36.1 Å². The van der Waals surface area contributed by atoms with E-state index in [2.05, 4.69) is 36.6 Å². The Balaban J connectivity index is 1.91. The Morgan fingerprint density at radius 1 is 1.25 bits per heavy atom. The van der Waals surface area contributed by atoms with Crippen molar-refractivity contribution < 1.29 is 4.74 Å². The Morgan fingerprint density at radius 2 is 1.95 bits per heavy atom. The summed E-state index contributed by atoms with van der Waals surface area (Å²) in [6.07, 6.45) is 1.95. The summed E-state index contributed by atoms with van der Waals surface area (Å²) < 4.78 is 5.47. The number of rotatable bonds is 3. The lowest BCUT2D eigenvalue weighted by Crippen LogP contribution is -2.40. The third-order valence-corrected chi connectivity index (χ3v) is 5.23. The zero-order valence-corrected chi connectivity index (χ0v) is 12.6. The smallest absolute Gasteiger partial charge is 0.101 e. The molecule has 1 aliphatic heterocycles. The molecule has 2 aromatic rings. The van der Waals surface area contributed by atoms with Gasteiger partial charge in [-0.05, 0) is 19.8 Å². The standard InChI is InChI=1S/C16H20N2OS/c1-12-2-4-13(5-3-12)14-10-20-15(18-14)16(11-17)6-8-19-9-7-16/h2-5,10H,6-9,11,17H2,1H3. The summed E-state index contributed by atoms with van der Waals surface area (Å²) in [5, 5.41) is 3.31. The van der Waals surface area contributed by atoms with Crippen LogP contribution >= 0.6 is 11.3 Å². The second-order valence-corrected chi connectivity index (χ2v) is 6.36. The highest BCUT2D eigenvalue weighted by Crippen LogP contribution is 2.37. The van der Waals surface area contributed by atoms with Crippen molar-refractivity contribution in [2.24, 2.45) is 5.73 Å². The fraction of sp³-hybridized carbons (Fsp3) is 0.438. The third kappa shape index (κ3) is 2.51. The van der Waals surface area contributed by atoms with Crippen molar-refractivity contribution >= 4 is 11.3 Å². The molecule has 2 heterocycles. The quantitative estimate of drug-likeness (QED) is 0.944. The number of benzene rings is 1. The van der Waals surface area contributed by atoms with Gasteiger partial charge >= 0.3 is 0 Å². The van der Waals surface area contributed by atoms with Crippen molar-refractivity contribution in [1.29, 1.82) is 0 Å². The van der Waals surface area contributed by atoms with E-state index in [0.29, 0.717) is 6.54 Å². The molecule has 0 radical (unpaired) electrons. The van der Waals surface area contributed by atoms with E-state index in [0.717, 1.165) is 31.7 Å². The van der Waals surface area contributed by atoms with Crippen LogP contribution in [0.25, 0.3) is 11.3 Å². The molecule has 20 heavy (non-hydrogen) atoms. The Morgan fingerprint density at radius 3 is 2.60 bits per heavy atom. The van der Waals surface area contributed by atoms with E-state index in [-0.39, 0.29) is 5.41 Å². The van der Waals surface area contributed by atoms with Gasteiger partial charge in [0.2, 0.25) is 0 Å². The Hall–Kier alpha value is -1.23. The van der Waals surface area contributed by atoms with Gasteiger partial charge in [-0.1, -0.05) is 29.8 Å². The van der Waals surface area contributed by atoms with E-state index in [1.54, 1.807) is 11.3 Å². The maximum Gasteiger partial charge on any atom is 0.101 e. The number of thiazole rings is 1. The van der Waals surface area contributed by atoms with Crippen LogP contribution in [0.15, 0.2) is 29.6 Å². The molecule has 1 fully saturated rings. The zero-order chi connectivity index (χ0) is 14.0. The first-order chi connectivity index (χ1) is 9.73. The first-order valence-electron chi connectivity index (χ1n) is 7.04. The number of nitrogens with zero attached hydrogens (tertiary/aromatic N) is 1. The molecule has 3 rings (SSSR count). The van der Waals surface area contributed by atoms with E-state index in [1.165, 1.54) is 16.1 Å².